The van der Waals surface area contributed by atoms with Gasteiger partial charge >= 0.3 is 0 Å². The van der Waals surface area contributed by atoms with E-state index < -0.39 is 0 Å². The zero-order valence-electron chi connectivity index (χ0n) is 12.5. The Morgan fingerprint density at radius 3 is 3.00 bits per heavy atom. The zero-order valence-corrected chi connectivity index (χ0v) is 12.5. The van der Waals surface area contributed by atoms with Crippen molar-refractivity contribution in [2.24, 2.45) is 0 Å². The van der Waals surface area contributed by atoms with Crippen molar-refractivity contribution in [1.82, 2.24) is 20.4 Å². The minimum absolute atomic E-state index is 0.00465. The number of carbonyl (C=O) groups excluding carboxylic acids is 1. The molecule has 6 nitrogen and oxygen atoms in total. The lowest BCUT2D eigenvalue weighted by molar-refractivity contribution is 0.0780. The molecule has 22 heavy (non-hydrogen) atoms. The van der Waals surface area contributed by atoms with Crippen LogP contribution in [0.5, 0.6) is 0 Å². The minimum Gasteiger partial charge on any atom is -0.378 e. The van der Waals surface area contributed by atoms with Crippen LogP contribution in [0.3, 0.4) is 0 Å². The van der Waals surface area contributed by atoms with Crippen LogP contribution in [0.2, 0.25) is 0 Å². The van der Waals surface area contributed by atoms with Crippen LogP contribution in [0.1, 0.15) is 15.9 Å². The second-order valence-corrected chi connectivity index (χ2v) is 5.42. The van der Waals surface area contributed by atoms with E-state index in [0.29, 0.717) is 12.1 Å². The van der Waals surface area contributed by atoms with Gasteiger partial charge in [-0.15, -0.1) is 0 Å². The van der Waals surface area contributed by atoms with E-state index in [0.717, 1.165) is 18.7 Å². The smallest absolute Gasteiger partial charge is 0.254 e. The molecule has 2 atom stereocenters. The number of amides is 1. The van der Waals surface area contributed by atoms with Crippen LogP contribution in [0.25, 0.3) is 0 Å². The van der Waals surface area contributed by atoms with Crippen molar-refractivity contribution in [3.8, 4) is 0 Å². The molecule has 2 N–H and O–H groups in total. The van der Waals surface area contributed by atoms with Crippen molar-refractivity contribution in [3.63, 3.8) is 0 Å². The van der Waals surface area contributed by atoms with E-state index in [-0.39, 0.29) is 18.1 Å². The second kappa shape index (κ2) is 6.72. The maximum atomic E-state index is 12.3. The fourth-order valence-corrected chi connectivity index (χ4v) is 2.64. The zero-order chi connectivity index (χ0) is 15.4. The maximum absolute atomic E-state index is 12.3. The Kier molecular flexibility index (Phi) is 4.50. The summed E-state index contributed by atoms with van der Waals surface area (Å²) in [6.45, 7) is 2.14. The maximum Gasteiger partial charge on any atom is 0.254 e. The summed E-state index contributed by atoms with van der Waals surface area (Å²) in [5.41, 5.74) is 1.72. The molecule has 1 aliphatic heterocycles. The lowest BCUT2D eigenvalue weighted by Crippen LogP contribution is -2.43. The molecule has 1 aliphatic rings. The highest BCUT2D eigenvalue weighted by atomic mass is 16.5. The molecule has 1 unspecified atom stereocenters. The average Bonchev–Trinajstić information content (AvgIpc) is 3.17. The summed E-state index contributed by atoms with van der Waals surface area (Å²) in [6, 6.07) is 10.0. The summed E-state index contributed by atoms with van der Waals surface area (Å²) in [5.74, 6) is -0.116. The molecular weight excluding hydrogens is 280 g/mol. The lowest BCUT2D eigenvalue weighted by Gasteiger charge is -2.17. The number of hydrogen-bond acceptors (Lipinski definition) is 4. The molecule has 0 bridgehead atoms. The molecule has 116 valence electrons. The van der Waals surface area contributed by atoms with E-state index in [1.807, 2.05) is 30.3 Å². The van der Waals surface area contributed by atoms with Gasteiger partial charge in [0.05, 0.1) is 30.5 Å². The van der Waals surface area contributed by atoms with Gasteiger partial charge in [0.25, 0.3) is 5.91 Å². The number of methoxy groups -OCH3 is 1. The molecule has 2 aromatic rings. The van der Waals surface area contributed by atoms with Crippen LogP contribution < -0.4 is 10.6 Å². The van der Waals surface area contributed by atoms with Gasteiger partial charge in [0.2, 0.25) is 0 Å². The van der Waals surface area contributed by atoms with E-state index >= 15 is 0 Å². The molecule has 0 saturated carbocycles. The van der Waals surface area contributed by atoms with Crippen LogP contribution in [0.15, 0.2) is 42.7 Å². The number of benzene rings is 1. The van der Waals surface area contributed by atoms with Crippen molar-refractivity contribution < 1.29 is 9.53 Å². The minimum atomic E-state index is -0.116. The van der Waals surface area contributed by atoms with Gasteiger partial charge in [-0.1, -0.05) is 30.3 Å². The molecule has 1 saturated heterocycles. The standard InChI is InChI=1S/C16H20N4O2/c1-22-15-9-17-8-14(15)19-16(21)13-7-18-20(11-13)10-12-5-3-2-4-6-12/h2-7,11,14-15,17H,8-10H2,1H3,(H,19,21)/t14?,15-/m0/s1. The first-order valence-corrected chi connectivity index (χ1v) is 7.37. The normalized spacial score (nSPS) is 21.0. The van der Waals surface area contributed by atoms with Crippen molar-refractivity contribution in [3.05, 3.63) is 53.9 Å². The molecule has 0 aliphatic carbocycles. The quantitative estimate of drug-likeness (QED) is 0.851. The van der Waals surface area contributed by atoms with Gasteiger partial charge in [0, 0.05) is 26.4 Å². The first-order valence-electron chi connectivity index (χ1n) is 7.37. The highest BCUT2D eigenvalue weighted by Crippen LogP contribution is 2.07. The monoisotopic (exact) mass is 300 g/mol. The van der Waals surface area contributed by atoms with E-state index in [4.69, 9.17) is 4.74 Å². The number of ether oxygens (including phenoxy) is 1. The summed E-state index contributed by atoms with van der Waals surface area (Å²) >= 11 is 0. The summed E-state index contributed by atoms with van der Waals surface area (Å²) in [6.07, 6.45) is 3.39. The summed E-state index contributed by atoms with van der Waals surface area (Å²) in [4.78, 5) is 12.3. The van der Waals surface area contributed by atoms with E-state index in [9.17, 15) is 4.79 Å². The third kappa shape index (κ3) is 3.35. The van der Waals surface area contributed by atoms with E-state index in [1.165, 1.54) is 0 Å². The molecule has 1 aromatic heterocycles. The van der Waals surface area contributed by atoms with Gasteiger partial charge in [-0.05, 0) is 5.56 Å². The van der Waals surface area contributed by atoms with Gasteiger partial charge in [-0.2, -0.15) is 5.10 Å². The van der Waals surface area contributed by atoms with Crippen LogP contribution in [-0.4, -0.2) is 48.0 Å². The van der Waals surface area contributed by atoms with Crippen LogP contribution in [-0.2, 0) is 11.3 Å². The molecule has 1 amide bonds. The Bertz CT molecular complexity index is 626. The molecule has 1 aromatic carbocycles. The second-order valence-electron chi connectivity index (χ2n) is 5.42. The Hall–Kier alpha value is -2.18. The highest BCUT2D eigenvalue weighted by molar-refractivity contribution is 5.93. The van der Waals surface area contributed by atoms with Crippen LogP contribution >= 0.6 is 0 Å². The molecule has 1 fully saturated rings. The summed E-state index contributed by atoms with van der Waals surface area (Å²) in [7, 11) is 1.66. The summed E-state index contributed by atoms with van der Waals surface area (Å²) in [5, 5.41) is 10.5. The third-order valence-electron chi connectivity index (χ3n) is 3.86. The Labute approximate surface area is 129 Å². The van der Waals surface area contributed by atoms with Gasteiger partial charge < -0.3 is 15.4 Å². The largest absolute Gasteiger partial charge is 0.378 e. The van der Waals surface area contributed by atoms with E-state index in [2.05, 4.69) is 15.7 Å². The SMILES string of the molecule is CO[C@H]1CNCC1NC(=O)c1cnn(Cc2ccccc2)c1. The first kappa shape index (κ1) is 14.7. The van der Waals surface area contributed by atoms with Crippen molar-refractivity contribution in [2.75, 3.05) is 20.2 Å². The molecule has 3 rings (SSSR count). The molecular formula is C16H20N4O2. The Morgan fingerprint density at radius 1 is 1.41 bits per heavy atom. The van der Waals surface area contributed by atoms with Gasteiger partial charge in [-0.25, -0.2) is 0 Å². The van der Waals surface area contributed by atoms with Gasteiger partial charge in [-0.3, -0.25) is 9.48 Å². The number of aromatic nitrogens is 2. The molecule has 2 heterocycles. The van der Waals surface area contributed by atoms with Crippen molar-refractivity contribution >= 4 is 5.91 Å². The molecule has 6 heteroatoms. The third-order valence-corrected chi connectivity index (χ3v) is 3.86. The number of nitrogens with zero attached hydrogens (tertiary/aromatic N) is 2. The van der Waals surface area contributed by atoms with Crippen LogP contribution in [0.4, 0.5) is 0 Å². The lowest BCUT2D eigenvalue weighted by atomic mass is 10.2. The summed E-state index contributed by atoms with van der Waals surface area (Å²) < 4.78 is 7.12. The van der Waals surface area contributed by atoms with Crippen molar-refractivity contribution in [2.45, 2.75) is 18.7 Å². The average molecular weight is 300 g/mol. The molecule has 0 radical (unpaired) electrons. The van der Waals surface area contributed by atoms with E-state index in [1.54, 1.807) is 24.2 Å². The fourth-order valence-electron chi connectivity index (χ4n) is 2.64. The Balaban J connectivity index is 1.62. The number of rotatable bonds is 5. The first-order chi connectivity index (χ1) is 10.8. The topological polar surface area (TPSA) is 68.2 Å². The Morgan fingerprint density at radius 2 is 2.23 bits per heavy atom. The van der Waals surface area contributed by atoms with Gasteiger partial charge in [0.15, 0.2) is 0 Å². The predicted octanol–water partition coefficient (Wildman–Crippen LogP) is 0.648. The number of nitrogens with one attached hydrogen (secondary N) is 2. The van der Waals surface area contributed by atoms with Crippen molar-refractivity contribution in [1.29, 1.82) is 0 Å². The number of carbonyl (C=O) groups is 1. The predicted molar refractivity (Wildman–Crippen MR) is 82.7 cm³/mol. The van der Waals surface area contributed by atoms with Crippen LogP contribution in [0, 0.1) is 0 Å². The molecule has 0 spiro atoms. The number of hydrogen-bond donors (Lipinski definition) is 2. The highest BCUT2D eigenvalue weighted by Gasteiger charge is 2.28. The van der Waals surface area contributed by atoms with Gasteiger partial charge in [0.1, 0.15) is 0 Å². The fraction of sp³-hybridized carbons (Fsp3) is 0.375.